The highest BCUT2D eigenvalue weighted by molar-refractivity contribution is 7.89. The highest BCUT2D eigenvalue weighted by atomic mass is 32.2. The Labute approximate surface area is 144 Å². The molecule has 132 valence electrons. The van der Waals surface area contributed by atoms with Gasteiger partial charge < -0.3 is 5.32 Å². The van der Waals surface area contributed by atoms with E-state index in [2.05, 4.69) is 30.8 Å². The van der Waals surface area contributed by atoms with Gasteiger partial charge in [-0.2, -0.15) is 0 Å². The summed E-state index contributed by atoms with van der Waals surface area (Å²) < 4.78 is 28.6. The van der Waals surface area contributed by atoms with Crippen molar-refractivity contribution in [3.8, 4) is 0 Å². The molecule has 24 heavy (non-hydrogen) atoms. The van der Waals surface area contributed by atoms with Gasteiger partial charge in [-0.25, -0.2) is 13.1 Å². The summed E-state index contributed by atoms with van der Waals surface area (Å²) in [6.07, 6.45) is 3.36. The Morgan fingerprint density at radius 3 is 2.29 bits per heavy atom. The lowest BCUT2D eigenvalue weighted by Gasteiger charge is -2.42. The number of carbonyl (C=O) groups excluding carboxylic acids is 1. The zero-order chi connectivity index (χ0) is 17.8. The zero-order valence-electron chi connectivity index (χ0n) is 14.7. The summed E-state index contributed by atoms with van der Waals surface area (Å²) in [5.41, 5.74) is 0.599. The topological polar surface area (TPSA) is 75.3 Å². The van der Waals surface area contributed by atoms with Crippen LogP contribution in [0.25, 0.3) is 0 Å². The molecule has 2 fully saturated rings. The Morgan fingerprint density at radius 2 is 1.79 bits per heavy atom. The van der Waals surface area contributed by atoms with Crippen LogP contribution in [0.5, 0.6) is 0 Å². The molecule has 2 saturated carbocycles. The quantitative estimate of drug-likeness (QED) is 0.876. The van der Waals surface area contributed by atoms with Gasteiger partial charge >= 0.3 is 0 Å². The second-order valence-electron chi connectivity index (χ2n) is 8.17. The molecule has 0 saturated heterocycles. The van der Waals surface area contributed by atoms with E-state index in [0.29, 0.717) is 11.6 Å². The average molecular weight is 350 g/mol. The number of fused-ring (bicyclic) bond motifs is 2. The van der Waals surface area contributed by atoms with Gasteiger partial charge in [0, 0.05) is 18.7 Å². The van der Waals surface area contributed by atoms with Gasteiger partial charge in [-0.3, -0.25) is 4.79 Å². The number of sulfonamides is 1. The third kappa shape index (κ3) is 2.86. The van der Waals surface area contributed by atoms with Crippen LogP contribution in [0.15, 0.2) is 29.2 Å². The second-order valence-corrected chi connectivity index (χ2v) is 9.89. The number of nitrogens with one attached hydrogen (secondary N) is 2. The summed E-state index contributed by atoms with van der Waals surface area (Å²) in [6, 6.07) is 6.25. The predicted octanol–water partition coefficient (Wildman–Crippen LogP) is 3.14. The van der Waals surface area contributed by atoms with Crippen molar-refractivity contribution < 1.29 is 13.2 Å². The van der Waals surface area contributed by atoms with Crippen LogP contribution in [0.2, 0.25) is 0 Å². The zero-order valence-corrected chi connectivity index (χ0v) is 15.5. The van der Waals surface area contributed by atoms with E-state index >= 15 is 0 Å². The minimum atomic E-state index is -3.58. The van der Waals surface area contributed by atoms with E-state index in [1.807, 2.05) is 0 Å². The number of anilines is 1. The van der Waals surface area contributed by atoms with Crippen LogP contribution in [0.3, 0.4) is 0 Å². The first-order valence-electron chi connectivity index (χ1n) is 8.45. The summed E-state index contributed by atoms with van der Waals surface area (Å²) in [4.78, 5) is 11.3. The van der Waals surface area contributed by atoms with Crippen LogP contribution in [-0.4, -0.2) is 20.4 Å². The average Bonchev–Trinajstić information content (AvgIpc) is 2.95. The lowest BCUT2D eigenvalue weighted by molar-refractivity contribution is -0.114. The Kier molecular flexibility index (Phi) is 4.04. The molecule has 3 atom stereocenters. The first-order valence-corrected chi connectivity index (χ1v) is 9.93. The highest BCUT2D eigenvalue weighted by Gasteiger charge is 2.60. The molecule has 3 rings (SSSR count). The molecule has 2 aliphatic carbocycles. The van der Waals surface area contributed by atoms with Crippen LogP contribution in [-0.2, 0) is 14.8 Å². The summed E-state index contributed by atoms with van der Waals surface area (Å²) in [6.45, 7) is 7.98. The van der Waals surface area contributed by atoms with Crippen molar-refractivity contribution in [1.29, 1.82) is 0 Å². The first-order chi connectivity index (χ1) is 11.0. The van der Waals surface area contributed by atoms with Crippen molar-refractivity contribution in [2.24, 2.45) is 16.7 Å². The number of amides is 1. The largest absolute Gasteiger partial charge is 0.326 e. The first kappa shape index (κ1) is 17.4. The van der Waals surface area contributed by atoms with Gasteiger partial charge in [0.25, 0.3) is 0 Å². The van der Waals surface area contributed by atoms with Crippen LogP contribution in [0.1, 0.15) is 47.0 Å². The maximum atomic E-state index is 12.8. The van der Waals surface area contributed by atoms with E-state index in [0.717, 1.165) is 12.8 Å². The van der Waals surface area contributed by atoms with Crippen LogP contribution < -0.4 is 10.0 Å². The molecule has 6 heteroatoms. The van der Waals surface area contributed by atoms with Gasteiger partial charge in [0.2, 0.25) is 15.9 Å². The maximum absolute atomic E-state index is 12.8. The molecule has 0 aliphatic heterocycles. The van der Waals surface area contributed by atoms with Crippen LogP contribution >= 0.6 is 0 Å². The molecule has 0 spiro atoms. The SMILES string of the molecule is CC(=O)Nc1ccc(S(=O)(=O)N[C@H]2C(C)(C)[C@@H]3CC[C@@]2(C)C3)cc1. The van der Waals surface area contributed by atoms with E-state index in [4.69, 9.17) is 0 Å². The van der Waals surface area contributed by atoms with E-state index in [-0.39, 0.29) is 27.7 Å². The Hall–Kier alpha value is -1.40. The van der Waals surface area contributed by atoms with Crippen molar-refractivity contribution in [3.05, 3.63) is 24.3 Å². The van der Waals surface area contributed by atoms with Crippen LogP contribution in [0, 0.1) is 16.7 Å². The molecule has 0 radical (unpaired) electrons. The second kappa shape index (κ2) is 5.56. The van der Waals surface area contributed by atoms with Crippen molar-refractivity contribution in [3.63, 3.8) is 0 Å². The fourth-order valence-electron chi connectivity index (χ4n) is 4.74. The monoisotopic (exact) mass is 350 g/mol. The minimum Gasteiger partial charge on any atom is -0.326 e. The minimum absolute atomic E-state index is 0.0316. The van der Waals surface area contributed by atoms with Crippen LogP contribution in [0.4, 0.5) is 5.69 Å². The third-order valence-corrected chi connectivity index (χ3v) is 7.47. The number of benzene rings is 1. The molecule has 2 N–H and O–H groups in total. The number of carbonyl (C=O) groups is 1. The summed E-state index contributed by atoms with van der Waals surface area (Å²) in [7, 11) is -3.58. The van der Waals surface area contributed by atoms with Gasteiger partial charge in [0.15, 0.2) is 0 Å². The van der Waals surface area contributed by atoms with Gasteiger partial charge in [0.1, 0.15) is 0 Å². The van der Waals surface area contributed by atoms with Crippen molar-refractivity contribution in [2.45, 2.75) is 57.9 Å². The molecule has 5 nitrogen and oxygen atoms in total. The summed E-state index contributed by atoms with van der Waals surface area (Å²) >= 11 is 0. The Balaban J connectivity index is 1.83. The van der Waals surface area contributed by atoms with Crippen molar-refractivity contribution >= 4 is 21.6 Å². The molecule has 0 heterocycles. The molecule has 1 amide bonds. The van der Waals surface area contributed by atoms with Crippen molar-refractivity contribution in [2.75, 3.05) is 5.32 Å². The number of rotatable bonds is 4. The molecule has 2 aliphatic rings. The van der Waals surface area contributed by atoms with Gasteiger partial charge in [0.05, 0.1) is 4.90 Å². The smallest absolute Gasteiger partial charge is 0.240 e. The molecule has 0 aromatic heterocycles. The predicted molar refractivity (Wildman–Crippen MR) is 94.1 cm³/mol. The standard InChI is InChI=1S/C18H26N2O3S/c1-12(21)19-14-5-7-15(8-6-14)24(22,23)20-16-17(2,3)13-9-10-18(16,4)11-13/h5-8,13,16,20H,9-11H2,1-4H3,(H,19,21)/t13-,16+,18+/m1/s1. The molecule has 2 bridgehead atoms. The van der Waals surface area contributed by atoms with Gasteiger partial charge in [-0.1, -0.05) is 20.8 Å². The van der Waals surface area contributed by atoms with Crippen molar-refractivity contribution in [1.82, 2.24) is 4.72 Å². The fourth-order valence-corrected chi connectivity index (χ4v) is 6.27. The molecule has 1 aromatic carbocycles. The Bertz CT molecular complexity index is 750. The third-order valence-electron chi connectivity index (χ3n) is 6.03. The van der Waals surface area contributed by atoms with E-state index in [1.165, 1.54) is 25.5 Å². The van der Waals surface area contributed by atoms with E-state index < -0.39 is 10.0 Å². The van der Waals surface area contributed by atoms with E-state index in [9.17, 15) is 13.2 Å². The molecule has 0 unspecified atom stereocenters. The molecular weight excluding hydrogens is 324 g/mol. The number of hydrogen-bond donors (Lipinski definition) is 2. The Morgan fingerprint density at radius 1 is 1.17 bits per heavy atom. The van der Waals surface area contributed by atoms with E-state index in [1.54, 1.807) is 12.1 Å². The lowest BCUT2D eigenvalue weighted by atomic mass is 9.69. The fraction of sp³-hybridized carbons (Fsp3) is 0.611. The molecular formula is C18H26N2O3S. The van der Waals surface area contributed by atoms with Gasteiger partial charge in [-0.05, 0) is 60.3 Å². The summed E-state index contributed by atoms with van der Waals surface area (Å²) in [5, 5.41) is 2.64. The van der Waals surface area contributed by atoms with Gasteiger partial charge in [-0.15, -0.1) is 0 Å². The molecule has 1 aromatic rings. The lowest BCUT2D eigenvalue weighted by Crippen LogP contribution is -2.52. The summed E-state index contributed by atoms with van der Waals surface area (Å²) in [5.74, 6) is 0.401. The number of hydrogen-bond acceptors (Lipinski definition) is 3. The highest BCUT2D eigenvalue weighted by Crippen LogP contribution is 2.62. The normalized spacial score (nSPS) is 31.2. The maximum Gasteiger partial charge on any atom is 0.240 e.